The van der Waals surface area contributed by atoms with Crippen LogP contribution in [-0.2, 0) is 11.2 Å². The molecular formula is C26H27N3O2. The number of aromatic nitrogens is 2. The van der Waals surface area contributed by atoms with E-state index in [-0.39, 0.29) is 22.7 Å². The van der Waals surface area contributed by atoms with E-state index in [9.17, 15) is 9.59 Å². The molecule has 1 aliphatic carbocycles. The normalized spacial score (nSPS) is 19.6. The van der Waals surface area contributed by atoms with Crippen molar-refractivity contribution in [1.82, 2.24) is 9.78 Å². The number of Topliss-reactive ketones (excluding diaryl/α,β-unsaturated/α-hetero) is 1. The van der Waals surface area contributed by atoms with Gasteiger partial charge in [0.2, 0.25) is 0 Å². The number of anilines is 1. The van der Waals surface area contributed by atoms with Crippen molar-refractivity contribution >= 4 is 11.6 Å². The van der Waals surface area contributed by atoms with Gasteiger partial charge in [0.25, 0.3) is 5.56 Å². The summed E-state index contributed by atoms with van der Waals surface area (Å²) in [7, 11) is 0. The van der Waals surface area contributed by atoms with Crippen LogP contribution in [0.3, 0.4) is 0 Å². The number of rotatable bonds is 3. The number of H-pyrrole nitrogens is 1. The molecule has 2 aromatic carbocycles. The molecule has 0 bridgehead atoms. The SMILES string of the molecule is CCc1ccc([C@H]2C3=C(CC(C)(C)CC3=O)Nc3[nH]n(-c4ccccc4)c(=O)c32)cc1. The van der Waals surface area contributed by atoms with Gasteiger partial charge in [0.15, 0.2) is 5.78 Å². The molecule has 0 amide bonds. The second-order valence-electron chi connectivity index (χ2n) is 9.36. The fourth-order valence-electron chi connectivity index (χ4n) is 4.93. The van der Waals surface area contributed by atoms with Crippen LogP contribution in [0.25, 0.3) is 5.69 Å². The zero-order valence-corrected chi connectivity index (χ0v) is 18.2. The van der Waals surface area contributed by atoms with Gasteiger partial charge in [-0.3, -0.25) is 14.7 Å². The maximum Gasteiger partial charge on any atom is 0.277 e. The van der Waals surface area contributed by atoms with Crippen LogP contribution in [0.5, 0.6) is 0 Å². The van der Waals surface area contributed by atoms with E-state index in [1.54, 1.807) is 4.68 Å². The molecule has 2 heterocycles. The number of benzene rings is 2. The van der Waals surface area contributed by atoms with E-state index in [1.807, 2.05) is 30.3 Å². The molecule has 5 nitrogen and oxygen atoms in total. The van der Waals surface area contributed by atoms with Crippen LogP contribution in [0.4, 0.5) is 5.82 Å². The first-order chi connectivity index (χ1) is 14.9. The van der Waals surface area contributed by atoms with Gasteiger partial charge in [0, 0.05) is 23.6 Å². The highest BCUT2D eigenvalue weighted by molar-refractivity contribution is 6.01. The van der Waals surface area contributed by atoms with E-state index in [0.29, 0.717) is 17.8 Å². The van der Waals surface area contributed by atoms with Gasteiger partial charge < -0.3 is 5.32 Å². The lowest BCUT2D eigenvalue weighted by atomic mass is 9.69. The minimum absolute atomic E-state index is 0.112. The van der Waals surface area contributed by atoms with Gasteiger partial charge in [-0.15, -0.1) is 0 Å². The number of allylic oxidation sites excluding steroid dienone is 2. The molecule has 0 radical (unpaired) electrons. The number of aromatic amines is 1. The van der Waals surface area contributed by atoms with E-state index < -0.39 is 0 Å². The third-order valence-corrected chi connectivity index (χ3v) is 6.44. The predicted octanol–water partition coefficient (Wildman–Crippen LogP) is 4.93. The van der Waals surface area contributed by atoms with E-state index in [1.165, 1.54) is 5.56 Å². The molecule has 1 aromatic heterocycles. The van der Waals surface area contributed by atoms with Gasteiger partial charge in [0.1, 0.15) is 5.82 Å². The van der Waals surface area contributed by atoms with Crippen molar-refractivity contribution in [2.45, 2.75) is 46.0 Å². The van der Waals surface area contributed by atoms with Crippen molar-refractivity contribution in [3.8, 4) is 5.69 Å². The quantitative estimate of drug-likeness (QED) is 0.640. The molecule has 2 N–H and O–H groups in total. The Hall–Kier alpha value is -3.34. The molecule has 158 valence electrons. The Morgan fingerprint density at radius 2 is 1.71 bits per heavy atom. The number of hydrogen-bond acceptors (Lipinski definition) is 3. The van der Waals surface area contributed by atoms with E-state index in [2.05, 4.69) is 55.5 Å². The second kappa shape index (κ2) is 7.12. The molecule has 0 saturated heterocycles. The van der Waals surface area contributed by atoms with Crippen LogP contribution >= 0.6 is 0 Å². The Morgan fingerprint density at radius 3 is 2.39 bits per heavy atom. The third kappa shape index (κ3) is 3.25. The number of nitrogens with one attached hydrogen (secondary N) is 2. The van der Waals surface area contributed by atoms with E-state index >= 15 is 0 Å². The molecule has 3 aromatic rings. The third-order valence-electron chi connectivity index (χ3n) is 6.44. The van der Waals surface area contributed by atoms with Gasteiger partial charge in [-0.1, -0.05) is 63.2 Å². The van der Waals surface area contributed by atoms with Crippen molar-refractivity contribution in [3.63, 3.8) is 0 Å². The minimum Gasteiger partial charge on any atom is -0.343 e. The summed E-state index contributed by atoms with van der Waals surface area (Å²) in [5.41, 5.74) is 5.04. The molecular weight excluding hydrogens is 386 g/mol. The first-order valence-electron chi connectivity index (χ1n) is 10.9. The van der Waals surface area contributed by atoms with Crippen LogP contribution in [0.15, 0.2) is 70.7 Å². The summed E-state index contributed by atoms with van der Waals surface area (Å²) in [4.78, 5) is 26.9. The second-order valence-corrected chi connectivity index (χ2v) is 9.36. The summed E-state index contributed by atoms with van der Waals surface area (Å²) in [6.45, 7) is 6.36. The molecule has 2 aliphatic rings. The van der Waals surface area contributed by atoms with Crippen molar-refractivity contribution in [1.29, 1.82) is 0 Å². The molecule has 0 fully saturated rings. The van der Waals surface area contributed by atoms with E-state index in [4.69, 9.17) is 0 Å². The lowest BCUT2D eigenvalue weighted by Gasteiger charge is -2.37. The highest BCUT2D eigenvalue weighted by Gasteiger charge is 2.42. The fraction of sp³-hybridized carbons (Fsp3) is 0.308. The zero-order chi connectivity index (χ0) is 21.8. The molecule has 1 aliphatic heterocycles. The van der Waals surface area contributed by atoms with Crippen LogP contribution in [0, 0.1) is 5.41 Å². The Bertz CT molecular complexity index is 1240. The summed E-state index contributed by atoms with van der Waals surface area (Å²) in [5.74, 6) is 0.443. The topological polar surface area (TPSA) is 66.9 Å². The maximum absolute atomic E-state index is 13.6. The van der Waals surface area contributed by atoms with Crippen LogP contribution < -0.4 is 10.9 Å². The maximum atomic E-state index is 13.6. The van der Waals surface area contributed by atoms with Gasteiger partial charge >= 0.3 is 0 Å². The van der Waals surface area contributed by atoms with Crippen molar-refractivity contribution in [2.75, 3.05) is 5.32 Å². The number of fused-ring (bicyclic) bond motifs is 1. The highest BCUT2D eigenvalue weighted by atomic mass is 16.1. The lowest BCUT2D eigenvalue weighted by Crippen LogP contribution is -2.35. The van der Waals surface area contributed by atoms with Crippen molar-refractivity contribution in [2.24, 2.45) is 5.41 Å². The number of nitrogens with zero attached hydrogens (tertiary/aromatic N) is 1. The first kappa shape index (κ1) is 19.6. The summed E-state index contributed by atoms with van der Waals surface area (Å²) in [6.07, 6.45) is 2.21. The van der Waals surface area contributed by atoms with Gasteiger partial charge in [-0.05, 0) is 41.5 Å². The number of ketones is 1. The van der Waals surface area contributed by atoms with Gasteiger partial charge in [-0.25, -0.2) is 4.68 Å². The molecule has 0 spiro atoms. The van der Waals surface area contributed by atoms with Crippen LogP contribution in [-0.4, -0.2) is 15.6 Å². The summed E-state index contributed by atoms with van der Waals surface area (Å²) >= 11 is 0. The Labute approximate surface area is 181 Å². The predicted molar refractivity (Wildman–Crippen MR) is 123 cm³/mol. The summed E-state index contributed by atoms with van der Waals surface area (Å²) in [6, 6.07) is 17.9. The molecule has 31 heavy (non-hydrogen) atoms. The smallest absolute Gasteiger partial charge is 0.277 e. The molecule has 5 rings (SSSR count). The average Bonchev–Trinajstić information content (AvgIpc) is 3.08. The van der Waals surface area contributed by atoms with Crippen LogP contribution in [0.2, 0.25) is 0 Å². The monoisotopic (exact) mass is 413 g/mol. The Kier molecular flexibility index (Phi) is 4.50. The largest absolute Gasteiger partial charge is 0.343 e. The van der Waals surface area contributed by atoms with Crippen molar-refractivity contribution in [3.05, 3.63) is 92.9 Å². The highest BCUT2D eigenvalue weighted by Crippen LogP contribution is 2.47. The number of carbonyl (C=O) groups excluding carboxylic acids is 1. The molecule has 1 atom stereocenters. The molecule has 0 saturated carbocycles. The lowest BCUT2D eigenvalue weighted by molar-refractivity contribution is -0.118. The Balaban J connectivity index is 1.73. The summed E-state index contributed by atoms with van der Waals surface area (Å²) in [5, 5.41) is 6.68. The zero-order valence-electron chi connectivity index (χ0n) is 18.2. The van der Waals surface area contributed by atoms with Crippen LogP contribution in [0.1, 0.15) is 56.2 Å². The standard InChI is InChI=1S/C26H27N3O2/c1-4-16-10-12-17(13-11-16)21-22-19(14-26(2,3)15-20(22)30)27-24-23(21)25(31)29(28-24)18-8-6-5-7-9-18/h5-13,21,27-28H,4,14-15H2,1-3H3/t21-/m0/s1. The minimum atomic E-state index is -0.366. The number of carbonyl (C=O) groups is 1. The van der Waals surface area contributed by atoms with Gasteiger partial charge in [0.05, 0.1) is 11.3 Å². The summed E-state index contributed by atoms with van der Waals surface area (Å²) < 4.78 is 1.57. The number of hydrogen-bond donors (Lipinski definition) is 2. The first-order valence-corrected chi connectivity index (χ1v) is 10.9. The van der Waals surface area contributed by atoms with Crippen molar-refractivity contribution < 1.29 is 4.79 Å². The average molecular weight is 414 g/mol. The molecule has 0 unspecified atom stereocenters. The molecule has 5 heteroatoms. The van der Waals surface area contributed by atoms with Gasteiger partial charge in [-0.2, -0.15) is 0 Å². The number of aryl methyl sites for hydroxylation is 1. The number of para-hydroxylation sites is 1. The van der Waals surface area contributed by atoms with E-state index in [0.717, 1.165) is 35.4 Å². The fourth-order valence-corrected chi connectivity index (χ4v) is 4.93. The Morgan fingerprint density at radius 1 is 1.00 bits per heavy atom.